The Morgan fingerprint density at radius 1 is 1.27 bits per heavy atom. The number of aromatic nitrogens is 2. The van der Waals surface area contributed by atoms with Crippen LogP contribution in [0.25, 0.3) is 0 Å². The minimum atomic E-state index is 0.410. The molecule has 1 aliphatic rings. The Bertz CT molecular complexity index is 535. The number of rotatable bonds is 6. The molecule has 0 radical (unpaired) electrons. The van der Waals surface area contributed by atoms with Gasteiger partial charge in [0.05, 0.1) is 11.7 Å². The van der Waals surface area contributed by atoms with E-state index in [1.807, 2.05) is 18.5 Å². The number of nitrogens with one attached hydrogen (secondary N) is 1. The Balaban J connectivity index is 1.47. The maximum Gasteiger partial charge on any atom is 0.109 e. The van der Waals surface area contributed by atoms with Crippen molar-refractivity contribution in [2.24, 2.45) is 0 Å². The molecule has 0 bridgehead atoms. The molecule has 1 fully saturated rings. The van der Waals surface area contributed by atoms with Gasteiger partial charge in [0.15, 0.2) is 0 Å². The lowest BCUT2D eigenvalue weighted by Gasteiger charge is -2.34. The molecule has 0 aliphatic carbocycles. The molecule has 1 saturated heterocycles. The lowest BCUT2D eigenvalue weighted by Crippen LogP contribution is -2.43. The average molecular weight is 316 g/mol. The molecule has 0 aromatic carbocycles. The molecule has 2 aromatic rings. The molecule has 118 valence electrons. The van der Waals surface area contributed by atoms with E-state index in [1.165, 1.54) is 23.5 Å². The number of hydrogen-bond donors (Lipinski definition) is 1. The van der Waals surface area contributed by atoms with E-state index in [0.717, 1.165) is 26.1 Å². The Kier molecular flexibility index (Phi) is 5.53. The predicted octanol–water partition coefficient (Wildman–Crippen LogP) is 3.24. The first kappa shape index (κ1) is 15.6. The molecular formula is C17H24N4S. The lowest BCUT2D eigenvalue weighted by atomic mass is 10.0. The van der Waals surface area contributed by atoms with Crippen LogP contribution in [0.2, 0.25) is 0 Å². The number of likely N-dealkylation sites (tertiary alicyclic amines) is 1. The fourth-order valence-electron chi connectivity index (χ4n) is 3.03. The van der Waals surface area contributed by atoms with Crippen molar-refractivity contribution < 1.29 is 0 Å². The Labute approximate surface area is 136 Å². The van der Waals surface area contributed by atoms with Crippen LogP contribution in [-0.2, 0) is 6.54 Å². The SMILES string of the molecule is CCC(NC1CCN(Cc2ccccn2)CC1)c1nccs1. The maximum atomic E-state index is 4.46. The van der Waals surface area contributed by atoms with Gasteiger partial charge in [-0.25, -0.2) is 4.98 Å². The van der Waals surface area contributed by atoms with Crippen molar-refractivity contribution in [1.29, 1.82) is 0 Å². The van der Waals surface area contributed by atoms with Crippen molar-refractivity contribution in [1.82, 2.24) is 20.2 Å². The topological polar surface area (TPSA) is 41.0 Å². The summed E-state index contributed by atoms with van der Waals surface area (Å²) in [6.07, 6.45) is 7.29. The summed E-state index contributed by atoms with van der Waals surface area (Å²) in [5.74, 6) is 0. The zero-order chi connectivity index (χ0) is 15.2. The number of nitrogens with zero attached hydrogens (tertiary/aromatic N) is 3. The molecule has 1 N–H and O–H groups in total. The first-order valence-electron chi connectivity index (χ1n) is 8.13. The molecule has 0 amide bonds. The van der Waals surface area contributed by atoms with E-state index in [1.54, 1.807) is 11.3 Å². The monoisotopic (exact) mass is 316 g/mol. The predicted molar refractivity (Wildman–Crippen MR) is 90.8 cm³/mol. The molecule has 0 spiro atoms. The summed E-state index contributed by atoms with van der Waals surface area (Å²) in [4.78, 5) is 11.4. The summed E-state index contributed by atoms with van der Waals surface area (Å²) in [5, 5.41) is 7.08. The van der Waals surface area contributed by atoms with Crippen LogP contribution in [0.15, 0.2) is 36.0 Å². The van der Waals surface area contributed by atoms with E-state index in [4.69, 9.17) is 0 Å². The van der Waals surface area contributed by atoms with Gasteiger partial charge in [-0.15, -0.1) is 11.3 Å². The van der Waals surface area contributed by atoms with Crippen LogP contribution in [0.5, 0.6) is 0 Å². The quantitative estimate of drug-likeness (QED) is 0.888. The smallest absolute Gasteiger partial charge is 0.109 e. The minimum Gasteiger partial charge on any atom is -0.305 e. The number of piperidine rings is 1. The highest BCUT2D eigenvalue weighted by molar-refractivity contribution is 7.09. The molecule has 1 unspecified atom stereocenters. The highest BCUT2D eigenvalue weighted by Crippen LogP contribution is 2.22. The second kappa shape index (κ2) is 7.81. The molecule has 2 aromatic heterocycles. The zero-order valence-corrected chi connectivity index (χ0v) is 13.9. The van der Waals surface area contributed by atoms with Gasteiger partial charge in [-0.3, -0.25) is 9.88 Å². The van der Waals surface area contributed by atoms with E-state index >= 15 is 0 Å². The summed E-state index contributed by atoms with van der Waals surface area (Å²) in [5.41, 5.74) is 1.17. The lowest BCUT2D eigenvalue weighted by molar-refractivity contribution is 0.181. The van der Waals surface area contributed by atoms with Gasteiger partial charge >= 0.3 is 0 Å². The zero-order valence-electron chi connectivity index (χ0n) is 13.1. The third-order valence-corrected chi connectivity index (χ3v) is 5.18. The van der Waals surface area contributed by atoms with E-state index in [0.29, 0.717) is 12.1 Å². The van der Waals surface area contributed by atoms with Gasteiger partial charge in [-0.2, -0.15) is 0 Å². The molecule has 4 nitrogen and oxygen atoms in total. The van der Waals surface area contributed by atoms with Gasteiger partial charge in [0.1, 0.15) is 5.01 Å². The van der Waals surface area contributed by atoms with E-state index in [-0.39, 0.29) is 0 Å². The van der Waals surface area contributed by atoms with Gasteiger partial charge in [-0.05, 0) is 31.4 Å². The summed E-state index contributed by atoms with van der Waals surface area (Å²) in [6.45, 7) is 5.48. The second-order valence-electron chi connectivity index (χ2n) is 5.87. The number of thiazole rings is 1. The second-order valence-corrected chi connectivity index (χ2v) is 6.80. The van der Waals surface area contributed by atoms with Crippen molar-refractivity contribution in [3.63, 3.8) is 0 Å². The minimum absolute atomic E-state index is 0.410. The molecule has 1 atom stereocenters. The molecule has 1 aliphatic heterocycles. The van der Waals surface area contributed by atoms with Gasteiger partial charge in [0.25, 0.3) is 0 Å². The Morgan fingerprint density at radius 2 is 2.14 bits per heavy atom. The largest absolute Gasteiger partial charge is 0.305 e. The fourth-order valence-corrected chi connectivity index (χ4v) is 3.82. The highest BCUT2D eigenvalue weighted by atomic mass is 32.1. The van der Waals surface area contributed by atoms with E-state index in [9.17, 15) is 0 Å². The van der Waals surface area contributed by atoms with Crippen molar-refractivity contribution in [3.8, 4) is 0 Å². The molecular weight excluding hydrogens is 292 g/mol. The maximum absolute atomic E-state index is 4.46. The molecule has 22 heavy (non-hydrogen) atoms. The normalized spacial score (nSPS) is 18.4. The van der Waals surface area contributed by atoms with Crippen LogP contribution in [0.4, 0.5) is 0 Å². The van der Waals surface area contributed by atoms with Crippen molar-refractivity contribution in [3.05, 3.63) is 46.7 Å². The van der Waals surface area contributed by atoms with Gasteiger partial charge in [0.2, 0.25) is 0 Å². The first-order valence-corrected chi connectivity index (χ1v) is 9.01. The van der Waals surface area contributed by atoms with Gasteiger partial charge in [-0.1, -0.05) is 13.0 Å². The Hall–Kier alpha value is -1.30. The number of hydrogen-bond acceptors (Lipinski definition) is 5. The van der Waals surface area contributed by atoms with Crippen LogP contribution in [-0.4, -0.2) is 34.0 Å². The van der Waals surface area contributed by atoms with Crippen LogP contribution < -0.4 is 5.32 Å². The Morgan fingerprint density at radius 3 is 2.77 bits per heavy atom. The first-order chi connectivity index (χ1) is 10.8. The van der Waals surface area contributed by atoms with Crippen molar-refractivity contribution >= 4 is 11.3 Å². The van der Waals surface area contributed by atoms with Crippen molar-refractivity contribution in [2.75, 3.05) is 13.1 Å². The molecule has 3 rings (SSSR count). The van der Waals surface area contributed by atoms with Crippen LogP contribution in [0.3, 0.4) is 0 Å². The standard InChI is InChI=1S/C17H24N4S/c1-2-16(17-19-9-12-22-17)20-14-6-10-21(11-7-14)13-15-5-3-4-8-18-15/h3-5,8-9,12,14,16,20H,2,6-7,10-11,13H2,1H3. The summed E-state index contributed by atoms with van der Waals surface area (Å²) in [6, 6.07) is 7.17. The summed E-state index contributed by atoms with van der Waals surface area (Å²) < 4.78 is 0. The highest BCUT2D eigenvalue weighted by Gasteiger charge is 2.22. The third-order valence-electron chi connectivity index (χ3n) is 4.29. The van der Waals surface area contributed by atoms with Crippen LogP contribution in [0, 0.1) is 0 Å². The van der Waals surface area contributed by atoms with Crippen LogP contribution in [0.1, 0.15) is 42.9 Å². The fraction of sp³-hybridized carbons (Fsp3) is 0.529. The van der Waals surface area contributed by atoms with Gasteiger partial charge in [0, 0.05) is 43.4 Å². The van der Waals surface area contributed by atoms with Crippen LogP contribution >= 0.6 is 11.3 Å². The number of pyridine rings is 1. The van der Waals surface area contributed by atoms with E-state index < -0.39 is 0 Å². The van der Waals surface area contributed by atoms with Crippen molar-refractivity contribution in [2.45, 2.75) is 44.8 Å². The summed E-state index contributed by atoms with van der Waals surface area (Å²) in [7, 11) is 0. The molecule has 0 saturated carbocycles. The molecule has 3 heterocycles. The van der Waals surface area contributed by atoms with E-state index in [2.05, 4.69) is 44.6 Å². The third kappa shape index (κ3) is 4.12. The molecule has 5 heteroatoms. The average Bonchev–Trinajstić information content (AvgIpc) is 3.09. The summed E-state index contributed by atoms with van der Waals surface area (Å²) >= 11 is 1.75. The van der Waals surface area contributed by atoms with Gasteiger partial charge < -0.3 is 5.32 Å².